The van der Waals surface area contributed by atoms with Crippen molar-refractivity contribution in [2.45, 2.75) is 13.3 Å². The van der Waals surface area contributed by atoms with Crippen LogP contribution >= 0.6 is 0 Å². The molecule has 236 valence electrons. The maximum absolute atomic E-state index is 6.29. The third-order valence-corrected chi connectivity index (χ3v) is 9.62. The van der Waals surface area contributed by atoms with Crippen molar-refractivity contribution in [3.8, 4) is 22.3 Å². The van der Waals surface area contributed by atoms with E-state index in [-0.39, 0.29) is 0 Å². The fraction of sp³-hybridized carbons (Fsp3) is 0.0667. The van der Waals surface area contributed by atoms with Gasteiger partial charge >= 0.3 is 0 Å². The Labute approximate surface area is 285 Å². The quantitative estimate of drug-likeness (QED) is 0.189. The summed E-state index contributed by atoms with van der Waals surface area (Å²) < 4.78 is 12.5. The van der Waals surface area contributed by atoms with Crippen LogP contribution in [0.4, 0.5) is 22.7 Å². The van der Waals surface area contributed by atoms with Crippen LogP contribution < -0.4 is 10.2 Å². The SMILES string of the molecule is C=Cc1c(CC)oc2cccc(-c3cccc(N(c4ccc5oc6c(c5c4)NCC=C6)c4ccc(-c5ccccc5)c5ccccc45)c3)c12. The number of hydrogen-bond acceptors (Lipinski definition) is 4. The van der Waals surface area contributed by atoms with Gasteiger partial charge in [0, 0.05) is 46.1 Å². The van der Waals surface area contributed by atoms with Gasteiger partial charge in [-0.2, -0.15) is 0 Å². The van der Waals surface area contributed by atoms with Crippen molar-refractivity contribution in [2.24, 2.45) is 0 Å². The smallest absolute Gasteiger partial charge is 0.151 e. The van der Waals surface area contributed by atoms with Gasteiger partial charge in [-0.15, -0.1) is 0 Å². The number of furan rings is 2. The van der Waals surface area contributed by atoms with Gasteiger partial charge < -0.3 is 19.1 Å². The lowest BCUT2D eigenvalue weighted by atomic mass is 9.95. The highest BCUT2D eigenvalue weighted by molar-refractivity contribution is 6.08. The molecule has 1 N–H and O–H groups in total. The number of benzene rings is 6. The van der Waals surface area contributed by atoms with Crippen LogP contribution in [-0.4, -0.2) is 6.54 Å². The number of anilines is 4. The summed E-state index contributed by atoms with van der Waals surface area (Å²) in [6.07, 6.45) is 6.88. The molecule has 3 heterocycles. The Morgan fingerprint density at radius 3 is 2.35 bits per heavy atom. The Kier molecular flexibility index (Phi) is 6.94. The molecular weight excluding hydrogens is 601 g/mol. The fourth-order valence-corrected chi connectivity index (χ4v) is 7.40. The molecule has 0 atom stereocenters. The van der Waals surface area contributed by atoms with Crippen molar-refractivity contribution in [1.29, 1.82) is 0 Å². The van der Waals surface area contributed by atoms with E-state index in [0.29, 0.717) is 0 Å². The van der Waals surface area contributed by atoms with Crippen molar-refractivity contribution < 1.29 is 8.83 Å². The molecule has 4 heteroatoms. The molecule has 6 aromatic carbocycles. The highest BCUT2D eigenvalue weighted by Crippen LogP contribution is 2.45. The average molecular weight is 635 g/mol. The lowest BCUT2D eigenvalue weighted by molar-refractivity contribution is 0.556. The van der Waals surface area contributed by atoms with Crippen molar-refractivity contribution >= 4 is 67.6 Å². The van der Waals surface area contributed by atoms with Crippen LogP contribution in [0.15, 0.2) is 149 Å². The Bertz CT molecular complexity index is 2570. The predicted molar refractivity (Wildman–Crippen MR) is 206 cm³/mol. The lowest BCUT2D eigenvalue weighted by Crippen LogP contribution is -2.11. The third kappa shape index (κ3) is 4.76. The lowest BCUT2D eigenvalue weighted by Gasteiger charge is -2.28. The van der Waals surface area contributed by atoms with Crippen LogP contribution in [0, 0.1) is 0 Å². The van der Waals surface area contributed by atoms with Crippen LogP contribution in [0.1, 0.15) is 24.0 Å². The van der Waals surface area contributed by atoms with E-state index in [2.05, 4.69) is 157 Å². The second kappa shape index (κ2) is 11.8. The fourth-order valence-electron chi connectivity index (χ4n) is 7.40. The molecule has 0 unspecified atom stereocenters. The van der Waals surface area contributed by atoms with E-state index in [9.17, 15) is 0 Å². The van der Waals surface area contributed by atoms with E-state index in [1.807, 2.05) is 12.1 Å². The van der Waals surface area contributed by atoms with Crippen LogP contribution in [0.25, 0.3) is 67.1 Å². The minimum atomic E-state index is 0.773. The number of hydrogen-bond donors (Lipinski definition) is 1. The maximum Gasteiger partial charge on any atom is 0.151 e. The molecule has 1 aliphatic rings. The molecule has 0 radical (unpaired) electrons. The van der Waals surface area contributed by atoms with Crippen LogP contribution in [0.5, 0.6) is 0 Å². The first-order valence-corrected chi connectivity index (χ1v) is 16.8. The molecule has 8 aromatic rings. The van der Waals surface area contributed by atoms with E-state index in [4.69, 9.17) is 8.83 Å². The first-order chi connectivity index (χ1) is 24.2. The Morgan fingerprint density at radius 1 is 0.694 bits per heavy atom. The molecule has 0 saturated heterocycles. The molecule has 0 bridgehead atoms. The minimum Gasteiger partial charge on any atom is -0.460 e. The maximum atomic E-state index is 6.29. The molecule has 0 aliphatic carbocycles. The van der Waals surface area contributed by atoms with E-state index in [1.165, 1.54) is 21.9 Å². The van der Waals surface area contributed by atoms with Gasteiger partial charge in [0.1, 0.15) is 16.9 Å². The topological polar surface area (TPSA) is 41.6 Å². The summed E-state index contributed by atoms with van der Waals surface area (Å²) in [7, 11) is 0. The summed E-state index contributed by atoms with van der Waals surface area (Å²) in [4.78, 5) is 2.37. The zero-order valence-electron chi connectivity index (χ0n) is 27.2. The van der Waals surface area contributed by atoms with E-state index in [1.54, 1.807) is 0 Å². The summed E-state index contributed by atoms with van der Waals surface area (Å²) in [5.41, 5.74) is 11.7. The van der Waals surface area contributed by atoms with E-state index >= 15 is 0 Å². The summed E-state index contributed by atoms with van der Waals surface area (Å²) in [6, 6.07) is 45.5. The molecule has 0 saturated carbocycles. The van der Waals surface area contributed by atoms with Crippen molar-refractivity contribution in [3.63, 3.8) is 0 Å². The zero-order valence-corrected chi connectivity index (χ0v) is 27.2. The molecule has 0 fully saturated rings. The second-order valence-corrected chi connectivity index (χ2v) is 12.4. The number of nitrogens with zero attached hydrogens (tertiary/aromatic N) is 1. The van der Waals surface area contributed by atoms with Gasteiger partial charge in [-0.3, -0.25) is 0 Å². The van der Waals surface area contributed by atoms with Gasteiger partial charge in [-0.25, -0.2) is 0 Å². The predicted octanol–water partition coefficient (Wildman–Crippen LogP) is 12.8. The first-order valence-electron chi connectivity index (χ1n) is 16.8. The number of nitrogens with one attached hydrogen (secondary N) is 1. The van der Waals surface area contributed by atoms with Gasteiger partial charge in [0.25, 0.3) is 0 Å². The van der Waals surface area contributed by atoms with E-state index in [0.717, 1.165) is 85.9 Å². The van der Waals surface area contributed by atoms with Gasteiger partial charge in [0.15, 0.2) is 5.76 Å². The van der Waals surface area contributed by atoms with Crippen LogP contribution in [0.3, 0.4) is 0 Å². The summed E-state index contributed by atoms with van der Waals surface area (Å²) in [5.74, 6) is 1.82. The third-order valence-electron chi connectivity index (χ3n) is 9.62. The molecule has 2 aromatic heterocycles. The largest absolute Gasteiger partial charge is 0.460 e. The molecular formula is C45H34N2O2. The molecule has 0 spiro atoms. The van der Waals surface area contributed by atoms with Gasteiger partial charge in [-0.1, -0.05) is 111 Å². The highest BCUT2D eigenvalue weighted by atomic mass is 16.3. The number of rotatable bonds is 7. The van der Waals surface area contributed by atoms with Gasteiger partial charge in [0.2, 0.25) is 0 Å². The molecule has 0 amide bonds. The Balaban J connectivity index is 1.29. The highest BCUT2D eigenvalue weighted by Gasteiger charge is 2.22. The Morgan fingerprint density at radius 2 is 1.49 bits per heavy atom. The average Bonchev–Trinajstić information content (AvgIpc) is 3.73. The van der Waals surface area contributed by atoms with E-state index < -0.39 is 0 Å². The van der Waals surface area contributed by atoms with Crippen molar-refractivity contribution in [2.75, 3.05) is 16.8 Å². The number of aryl methyl sites for hydroxylation is 1. The summed E-state index contributed by atoms with van der Waals surface area (Å²) >= 11 is 0. The molecule has 4 nitrogen and oxygen atoms in total. The first kappa shape index (κ1) is 28.9. The zero-order chi connectivity index (χ0) is 32.9. The summed E-state index contributed by atoms with van der Waals surface area (Å²) in [5, 5.41) is 8.07. The number of fused-ring (bicyclic) bond motifs is 5. The monoisotopic (exact) mass is 634 g/mol. The van der Waals surface area contributed by atoms with Crippen LogP contribution in [0.2, 0.25) is 0 Å². The van der Waals surface area contributed by atoms with Gasteiger partial charge in [0.05, 0.1) is 11.4 Å². The van der Waals surface area contributed by atoms with Crippen LogP contribution in [-0.2, 0) is 6.42 Å². The second-order valence-electron chi connectivity index (χ2n) is 12.4. The molecule has 49 heavy (non-hydrogen) atoms. The van der Waals surface area contributed by atoms with Crippen molar-refractivity contribution in [1.82, 2.24) is 0 Å². The summed E-state index contributed by atoms with van der Waals surface area (Å²) in [6.45, 7) is 7.04. The minimum absolute atomic E-state index is 0.773. The van der Waals surface area contributed by atoms with Gasteiger partial charge in [-0.05, 0) is 76.2 Å². The Hall–Kier alpha value is -6.26. The normalized spacial score (nSPS) is 12.3. The van der Waals surface area contributed by atoms with Crippen molar-refractivity contribution in [3.05, 3.63) is 157 Å². The molecule has 1 aliphatic heterocycles. The standard InChI is InChI=1S/C45H34N2O2/c1-3-33-40(4-2)48-42-20-11-19-35(44(33)42)30-15-10-16-31(27-30)47(32-22-25-41-38(28-32)45-43(49-41)21-12-26-46-45)39-24-23-34(29-13-6-5-7-14-29)36-17-8-9-18-37(36)39/h3,5-25,27-28,46H,1,4,26H2,2H3. The molecule has 9 rings (SSSR count).